The molecule has 3 heterocycles. The van der Waals surface area contributed by atoms with Crippen molar-refractivity contribution in [2.75, 3.05) is 38.1 Å². The third kappa shape index (κ3) is 8.72. The lowest BCUT2D eigenvalue weighted by molar-refractivity contribution is -0.00835. The first kappa shape index (κ1) is 36.8. The molecule has 0 spiro atoms. The van der Waals surface area contributed by atoms with Gasteiger partial charge < -0.3 is 24.0 Å². The SMILES string of the molecule is Cc1noc(C)c1S(=O)(=O)N(C)C[C@H]1OCCCC[C@H](C)Oc2ccc(NS(=O)(=O)c3cccs3)cc2C(=O)N([C@H](C)CO)C[C@H]1C. The summed E-state index contributed by atoms with van der Waals surface area (Å²) in [5.74, 6) is -0.387. The molecule has 1 aromatic carbocycles. The van der Waals surface area contributed by atoms with Gasteiger partial charge in [0.25, 0.3) is 15.9 Å². The van der Waals surface area contributed by atoms with Crippen LogP contribution >= 0.6 is 11.3 Å². The Kier molecular flexibility index (Phi) is 12.1. The van der Waals surface area contributed by atoms with E-state index in [1.165, 1.54) is 28.4 Å². The van der Waals surface area contributed by atoms with Gasteiger partial charge in [-0.2, -0.15) is 4.31 Å². The lowest BCUT2D eigenvalue weighted by atomic mass is 10.0. The fourth-order valence-corrected chi connectivity index (χ4v) is 8.93. The van der Waals surface area contributed by atoms with Crippen molar-refractivity contribution < 1.29 is 40.7 Å². The van der Waals surface area contributed by atoms with E-state index in [2.05, 4.69) is 9.88 Å². The number of hydrogen-bond donors (Lipinski definition) is 2. The molecule has 1 aliphatic rings. The van der Waals surface area contributed by atoms with Crippen molar-refractivity contribution in [3.63, 3.8) is 0 Å². The molecule has 260 valence electrons. The molecule has 16 heteroatoms. The van der Waals surface area contributed by atoms with E-state index in [1.807, 2.05) is 13.8 Å². The van der Waals surface area contributed by atoms with E-state index in [4.69, 9.17) is 14.0 Å². The molecule has 0 saturated carbocycles. The number of carbonyl (C=O) groups excluding carboxylic acids is 1. The molecule has 4 atom stereocenters. The first-order chi connectivity index (χ1) is 22.1. The minimum atomic E-state index is -3.96. The first-order valence-corrected chi connectivity index (χ1v) is 19.3. The average Bonchev–Trinajstić information content (AvgIpc) is 3.69. The second-order valence-electron chi connectivity index (χ2n) is 12.0. The van der Waals surface area contributed by atoms with Crippen molar-refractivity contribution in [3.8, 4) is 5.75 Å². The van der Waals surface area contributed by atoms with Gasteiger partial charge in [0.05, 0.1) is 30.4 Å². The number of ether oxygens (including phenoxy) is 2. The molecule has 1 aliphatic heterocycles. The zero-order valence-corrected chi connectivity index (χ0v) is 30.0. The minimum absolute atomic E-state index is 0.00611. The molecule has 1 amide bonds. The number of likely N-dealkylation sites (N-methyl/N-ethyl adjacent to an activating group) is 1. The van der Waals surface area contributed by atoms with Crippen LogP contribution in [0.25, 0.3) is 0 Å². The van der Waals surface area contributed by atoms with Gasteiger partial charge in [-0.15, -0.1) is 11.3 Å². The fourth-order valence-electron chi connectivity index (χ4n) is 5.42. The number of fused-ring (bicyclic) bond motifs is 1. The van der Waals surface area contributed by atoms with Crippen LogP contribution in [-0.4, -0.2) is 93.8 Å². The van der Waals surface area contributed by atoms with Crippen molar-refractivity contribution in [2.24, 2.45) is 5.92 Å². The van der Waals surface area contributed by atoms with Gasteiger partial charge in [-0.1, -0.05) is 18.1 Å². The van der Waals surface area contributed by atoms with E-state index in [0.29, 0.717) is 25.2 Å². The van der Waals surface area contributed by atoms with Crippen LogP contribution in [0.2, 0.25) is 0 Å². The number of hydrogen-bond acceptors (Lipinski definition) is 11. The van der Waals surface area contributed by atoms with Crippen LogP contribution in [0.3, 0.4) is 0 Å². The number of carbonyl (C=O) groups is 1. The number of rotatable bonds is 9. The number of aryl methyl sites for hydroxylation is 2. The molecule has 0 radical (unpaired) electrons. The van der Waals surface area contributed by atoms with Crippen LogP contribution in [0, 0.1) is 19.8 Å². The van der Waals surface area contributed by atoms with E-state index in [0.717, 1.165) is 17.8 Å². The van der Waals surface area contributed by atoms with Crippen molar-refractivity contribution >= 4 is 43.0 Å². The minimum Gasteiger partial charge on any atom is -0.490 e. The van der Waals surface area contributed by atoms with Crippen LogP contribution in [-0.2, 0) is 24.8 Å². The van der Waals surface area contributed by atoms with Gasteiger partial charge in [0, 0.05) is 38.3 Å². The second kappa shape index (κ2) is 15.5. The molecule has 0 saturated heterocycles. The van der Waals surface area contributed by atoms with E-state index >= 15 is 0 Å². The summed E-state index contributed by atoms with van der Waals surface area (Å²) >= 11 is 1.07. The Labute approximate surface area is 280 Å². The van der Waals surface area contributed by atoms with Crippen LogP contribution in [0.1, 0.15) is 61.8 Å². The summed E-state index contributed by atoms with van der Waals surface area (Å²) in [5.41, 5.74) is 0.568. The Morgan fingerprint density at radius 2 is 1.91 bits per heavy atom. The fraction of sp³-hybridized carbons (Fsp3) is 0.548. The number of anilines is 1. The lowest BCUT2D eigenvalue weighted by Crippen LogP contribution is -2.48. The highest BCUT2D eigenvalue weighted by Crippen LogP contribution is 2.30. The number of nitrogens with one attached hydrogen (secondary N) is 1. The third-order valence-electron chi connectivity index (χ3n) is 8.14. The lowest BCUT2D eigenvalue weighted by Gasteiger charge is -2.35. The molecule has 13 nitrogen and oxygen atoms in total. The summed E-state index contributed by atoms with van der Waals surface area (Å²) in [6.45, 7) is 8.68. The molecule has 3 aromatic rings. The predicted molar refractivity (Wildman–Crippen MR) is 178 cm³/mol. The highest BCUT2D eigenvalue weighted by molar-refractivity contribution is 7.94. The second-order valence-corrected chi connectivity index (χ2v) is 16.8. The van der Waals surface area contributed by atoms with Gasteiger partial charge in [-0.05, 0) is 76.6 Å². The summed E-state index contributed by atoms with van der Waals surface area (Å²) in [6, 6.07) is 7.06. The summed E-state index contributed by atoms with van der Waals surface area (Å²) in [5, 5.41) is 15.6. The average molecular weight is 713 g/mol. The smallest absolute Gasteiger partial charge is 0.271 e. The van der Waals surface area contributed by atoms with Crippen LogP contribution < -0.4 is 9.46 Å². The normalized spacial score (nSPS) is 21.1. The molecule has 2 aromatic heterocycles. The van der Waals surface area contributed by atoms with Gasteiger partial charge in [-0.3, -0.25) is 9.52 Å². The third-order valence-corrected chi connectivity index (χ3v) is 13.0. The Morgan fingerprint density at radius 3 is 2.55 bits per heavy atom. The van der Waals surface area contributed by atoms with E-state index in [-0.39, 0.29) is 63.5 Å². The molecule has 0 unspecified atom stereocenters. The van der Waals surface area contributed by atoms with Crippen LogP contribution in [0.4, 0.5) is 5.69 Å². The number of benzene rings is 1. The predicted octanol–water partition coefficient (Wildman–Crippen LogP) is 4.27. The number of aliphatic hydroxyl groups excluding tert-OH is 1. The summed E-state index contributed by atoms with van der Waals surface area (Å²) in [6.07, 6.45) is 1.22. The van der Waals surface area contributed by atoms with Crippen molar-refractivity contribution in [1.29, 1.82) is 0 Å². The van der Waals surface area contributed by atoms with Crippen molar-refractivity contribution in [1.82, 2.24) is 14.4 Å². The quantitative estimate of drug-likeness (QED) is 0.327. The van der Waals surface area contributed by atoms with Gasteiger partial charge in [0.2, 0.25) is 10.0 Å². The number of aromatic nitrogens is 1. The van der Waals surface area contributed by atoms with Gasteiger partial charge in [-0.25, -0.2) is 16.8 Å². The maximum atomic E-state index is 14.3. The monoisotopic (exact) mass is 712 g/mol. The van der Waals surface area contributed by atoms with Crippen LogP contribution in [0.15, 0.2) is 49.3 Å². The zero-order valence-electron chi connectivity index (χ0n) is 27.5. The molecule has 0 aliphatic carbocycles. The Balaban J connectivity index is 1.68. The first-order valence-electron chi connectivity index (χ1n) is 15.4. The largest absolute Gasteiger partial charge is 0.490 e. The number of amides is 1. The molecule has 47 heavy (non-hydrogen) atoms. The highest BCUT2D eigenvalue weighted by Gasteiger charge is 2.34. The molecule has 2 N–H and O–H groups in total. The molecule has 0 bridgehead atoms. The van der Waals surface area contributed by atoms with Crippen molar-refractivity contribution in [2.45, 2.75) is 81.2 Å². The summed E-state index contributed by atoms with van der Waals surface area (Å²) in [4.78, 5) is 15.8. The standard InChI is InChI=1S/C31H44N4O9S3/c1-20-17-35(21(2)19-36)31(37)26-16-25(33-46(38,39)29-11-9-15-45-29)12-13-27(26)43-22(3)10-7-8-14-42-28(20)18-34(6)47(40,41)30-23(4)32-44-24(30)5/h9,11-13,15-16,20-22,28,33,36H,7-8,10,14,17-19H2,1-6H3/t20-,21-,22+,28-/m1/s1. The van der Waals surface area contributed by atoms with Crippen molar-refractivity contribution in [3.05, 3.63) is 52.7 Å². The molecule has 4 rings (SSSR count). The van der Waals surface area contributed by atoms with Gasteiger partial charge in [0.1, 0.15) is 20.5 Å². The van der Waals surface area contributed by atoms with Gasteiger partial charge >= 0.3 is 0 Å². The maximum absolute atomic E-state index is 14.3. The van der Waals surface area contributed by atoms with Crippen LogP contribution in [0.5, 0.6) is 5.75 Å². The number of sulfonamides is 2. The van der Waals surface area contributed by atoms with E-state index < -0.39 is 38.1 Å². The summed E-state index contributed by atoms with van der Waals surface area (Å²) in [7, 11) is -6.38. The Bertz CT molecular complexity index is 1710. The highest BCUT2D eigenvalue weighted by atomic mass is 32.2. The maximum Gasteiger partial charge on any atom is 0.271 e. The number of thiophene rings is 1. The topological polar surface area (TPSA) is 169 Å². The molecule has 0 fully saturated rings. The number of nitrogens with zero attached hydrogens (tertiary/aromatic N) is 3. The van der Waals surface area contributed by atoms with Gasteiger partial charge in [0.15, 0.2) is 5.76 Å². The Hall–Kier alpha value is -3.02. The van der Waals surface area contributed by atoms with E-state index in [1.54, 1.807) is 44.4 Å². The molecular formula is C31H44N4O9S3. The molecular weight excluding hydrogens is 669 g/mol. The number of aliphatic hydroxyl groups is 1. The zero-order chi connectivity index (χ0) is 34.5. The summed E-state index contributed by atoms with van der Waals surface area (Å²) < 4.78 is 74.5. The Morgan fingerprint density at radius 1 is 1.17 bits per heavy atom. The van der Waals surface area contributed by atoms with E-state index in [9.17, 15) is 26.7 Å².